The Balaban J connectivity index is 1.68. The van der Waals surface area contributed by atoms with Gasteiger partial charge in [-0.25, -0.2) is 4.79 Å². The van der Waals surface area contributed by atoms with Gasteiger partial charge < -0.3 is 10.6 Å². The van der Waals surface area contributed by atoms with Gasteiger partial charge in [-0.2, -0.15) is 0 Å². The van der Waals surface area contributed by atoms with E-state index in [9.17, 15) is 4.79 Å². The van der Waals surface area contributed by atoms with Crippen molar-refractivity contribution >= 4 is 6.03 Å². The van der Waals surface area contributed by atoms with Crippen molar-refractivity contribution in [3.63, 3.8) is 0 Å². The van der Waals surface area contributed by atoms with Crippen LogP contribution in [-0.2, 0) is 0 Å². The molecule has 2 aliphatic rings. The van der Waals surface area contributed by atoms with E-state index in [1.165, 1.54) is 51.4 Å². The Hall–Kier alpha value is -0.730. The van der Waals surface area contributed by atoms with E-state index in [2.05, 4.69) is 17.6 Å². The third kappa shape index (κ3) is 4.18. The Morgan fingerprint density at radius 3 is 2.11 bits per heavy atom. The van der Waals surface area contributed by atoms with Crippen molar-refractivity contribution in [3.8, 4) is 0 Å². The number of carbonyl (C=O) groups is 1. The molecule has 2 N–H and O–H groups in total. The fraction of sp³-hybridized carbons (Fsp3) is 0.933. The third-order valence-electron chi connectivity index (χ3n) is 4.66. The average molecular weight is 252 g/mol. The minimum Gasteiger partial charge on any atom is -0.335 e. The molecule has 0 aromatic carbocycles. The summed E-state index contributed by atoms with van der Waals surface area (Å²) < 4.78 is 0. The van der Waals surface area contributed by atoms with Crippen LogP contribution in [0.25, 0.3) is 0 Å². The molecule has 1 unspecified atom stereocenters. The van der Waals surface area contributed by atoms with Crippen molar-refractivity contribution in [2.24, 2.45) is 5.92 Å². The molecule has 2 amide bonds. The molecule has 2 rings (SSSR count). The van der Waals surface area contributed by atoms with Crippen molar-refractivity contribution in [3.05, 3.63) is 0 Å². The van der Waals surface area contributed by atoms with Crippen LogP contribution >= 0.6 is 0 Å². The number of carbonyl (C=O) groups excluding carboxylic acids is 1. The molecule has 0 aliphatic heterocycles. The highest BCUT2D eigenvalue weighted by atomic mass is 16.2. The zero-order chi connectivity index (χ0) is 12.8. The highest BCUT2D eigenvalue weighted by Gasteiger charge is 2.22. The number of amides is 2. The van der Waals surface area contributed by atoms with Crippen molar-refractivity contribution in [1.29, 1.82) is 0 Å². The van der Waals surface area contributed by atoms with Crippen LogP contribution in [0.4, 0.5) is 4.79 Å². The lowest BCUT2D eigenvalue weighted by molar-refractivity contribution is 0.218. The molecule has 2 aliphatic carbocycles. The molecule has 18 heavy (non-hydrogen) atoms. The number of hydrogen-bond donors (Lipinski definition) is 2. The van der Waals surface area contributed by atoms with Crippen LogP contribution in [0.3, 0.4) is 0 Å². The van der Waals surface area contributed by atoms with E-state index < -0.39 is 0 Å². The summed E-state index contributed by atoms with van der Waals surface area (Å²) in [5.74, 6) is 0.691. The Kier molecular flexibility index (Phi) is 5.33. The molecule has 2 fully saturated rings. The van der Waals surface area contributed by atoms with E-state index in [0.717, 1.165) is 12.8 Å². The summed E-state index contributed by atoms with van der Waals surface area (Å²) in [7, 11) is 0. The number of nitrogens with one attached hydrogen (secondary N) is 2. The van der Waals surface area contributed by atoms with Gasteiger partial charge >= 0.3 is 6.03 Å². The first kappa shape index (κ1) is 13.7. The first-order chi connectivity index (χ1) is 8.75. The molecule has 3 nitrogen and oxygen atoms in total. The van der Waals surface area contributed by atoms with Gasteiger partial charge in [0, 0.05) is 12.1 Å². The fourth-order valence-electron chi connectivity index (χ4n) is 3.43. The molecule has 0 bridgehead atoms. The predicted octanol–water partition coefficient (Wildman–Crippen LogP) is 3.59. The highest BCUT2D eigenvalue weighted by molar-refractivity contribution is 5.74. The van der Waals surface area contributed by atoms with Crippen LogP contribution < -0.4 is 10.6 Å². The smallest absolute Gasteiger partial charge is 0.315 e. The summed E-state index contributed by atoms with van der Waals surface area (Å²) in [6.45, 7) is 2.16. The lowest BCUT2D eigenvalue weighted by atomic mass is 9.84. The molecule has 0 spiro atoms. The number of urea groups is 1. The molecule has 104 valence electrons. The zero-order valence-electron chi connectivity index (χ0n) is 11.7. The first-order valence-corrected chi connectivity index (χ1v) is 7.83. The van der Waals surface area contributed by atoms with Gasteiger partial charge in [0.25, 0.3) is 0 Å². The molecule has 0 aromatic rings. The maximum atomic E-state index is 11.9. The molecule has 3 heteroatoms. The van der Waals surface area contributed by atoms with Gasteiger partial charge in [-0.15, -0.1) is 0 Å². The minimum atomic E-state index is 0.0555. The maximum Gasteiger partial charge on any atom is 0.315 e. The van der Waals surface area contributed by atoms with E-state index in [-0.39, 0.29) is 6.03 Å². The van der Waals surface area contributed by atoms with Crippen LogP contribution in [0.5, 0.6) is 0 Å². The van der Waals surface area contributed by atoms with Crippen LogP contribution in [0.1, 0.15) is 71.1 Å². The first-order valence-electron chi connectivity index (χ1n) is 7.83. The summed E-state index contributed by atoms with van der Waals surface area (Å²) in [4.78, 5) is 11.9. The highest BCUT2D eigenvalue weighted by Crippen LogP contribution is 2.26. The monoisotopic (exact) mass is 252 g/mol. The summed E-state index contributed by atoms with van der Waals surface area (Å²) in [5.41, 5.74) is 0. The fourth-order valence-corrected chi connectivity index (χ4v) is 3.43. The summed E-state index contributed by atoms with van der Waals surface area (Å²) in [6.07, 6.45) is 12.8. The van der Waals surface area contributed by atoms with Crippen molar-refractivity contribution in [2.75, 3.05) is 0 Å². The average Bonchev–Trinajstić information content (AvgIpc) is 2.40. The largest absolute Gasteiger partial charge is 0.335 e. The van der Waals surface area contributed by atoms with Crippen LogP contribution in [-0.4, -0.2) is 18.1 Å². The Labute approximate surface area is 111 Å². The van der Waals surface area contributed by atoms with E-state index in [4.69, 9.17) is 0 Å². The normalized spacial score (nSPS) is 24.5. The standard InChI is InChI=1S/C15H28N2O/c1-12(13-8-4-2-5-9-13)16-15(18)17-14-10-6-3-7-11-14/h12-14H,2-11H2,1H3,(H2,16,17,18). The van der Waals surface area contributed by atoms with E-state index in [1.807, 2.05) is 0 Å². The van der Waals surface area contributed by atoms with E-state index in [0.29, 0.717) is 18.0 Å². The Morgan fingerprint density at radius 2 is 1.50 bits per heavy atom. The van der Waals surface area contributed by atoms with Crippen LogP contribution in [0.15, 0.2) is 0 Å². The van der Waals surface area contributed by atoms with Crippen LogP contribution in [0.2, 0.25) is 0 Å². The Bertz CT molecular complexity index is 255. The second-order valence-electron chi connectivity index (χ2n) is 6.14. The van der Waals surface area contributed by atoms with Crippen molar-refractivity contribution in [2.45, 2.75) is 83.2 Å². The van der Waals surface area contributed by atoms with Gasteiger partial charge in [0.05, 0.1) is 0 Å². The molecule has 2 saturated carbocycles. The van der Waals surface area contributed by atoms with Gasteiger partial charge in [0.1, 0.15) is 0 Å². The molecular formula is C15H28N2O. The van der Waals surface area contributed by atoms with Gasteiger partial charge in [0.2, 0.25) is 0 Å². The summed E-state index contributed by atoms with van der Waals surface area (Å²) >= 11 is 0. The summed E-state index contributed by atoms with van der Waals surface area (Å²) in [6, 6.07) is 0.797. The van der Waals surface area contributed by atoms with E-state index in [1.54, 1.807) is 0 Å². The predicted molar refractivity (Wildman–Crippen MR) is 74.6 cm³/mol. The van der Waals surface area contributed by atoms with Crippen molar-refractivity contribution in [1.82, 2.24) is 10.6 Å². The molecule has 0 radical (unpaired) electrons. The quantitative estimate of drug-likeness (QED) is 0.792. The lowest BCUT2D eigenvalue weighted by Crippen LogP contribution is -2.48. The second kappa shape index (κ2) is 7.01. The SMILES string of the molecule is CC(NC(=O)NC1CCCCC1)C1CCCCC1. The van der Waals surface area contributed by atoms with Gasteiger partial charge in [-0.05, 0) is 38.5 Å². The zero-order valence-corrected chi connectivity index (χ0v) is 11.7. The number of hydrogen-bond acceptors (Lipinski definition) is 1. The van der Waals surface area contributed by atoms with Gasteiger partial charge in [-0.3, -0.25) is 0 Å². The Morgan fingerprint density at radius 1 is 0.944 bits per heavy atom. The molecule has 0 aromatic heterocycles. The summed E-state index contributed by atoms with van der Waals surface area (Å²) in [5, 5.41) is 6.29. The third-order valence-corrected chi connectivity index (χ3v) is 4.66. The molecule has 0 saturated heterocycles. The van der Waals surface area contributed by atoms with Gasteiger partial charge in [0.15, 0.2) is 0 Å². The topological polar surface area (TPSA) is 41.1 Å². The number of rotatable bonds is 3. The van der Waals surface area contributed by atoms with Gasteiger partial charge in [-0.1, -0.05) is 38.5 Å². The molecular weight excluding hydrogens is 224 g/mol. The van der Waals surface area contributed by atoms with Crippen LogP contribution in [0, 0.1) is 5.92 Å². The lowest BCUT2D eigenvalue weighted by Gasteiger charge is -2.29. The maximum absolute atomic E-state index is 11.9. The molecule has 0 heterocycles. The van der Waals surface area contributed by atoms with E-state index >= 15 is 0 Å². The molecule has 1 atom stereocenters. The van der Waals surface area contributed by atoms with Crippen molar-refractivity contribution < 1.29 is 4.79 Å². The second-order valence-corrected chi connectivity index (χ2v) is 6.14. The minimum absolute atomic E-state index is 0.0555.